The number of carbonyl (C=O) groups is 2. The van der Waals surface area contributed by atoms with Crippen LogP contribution in [-0.2, 0) is 24.3 Å². The van der Waals surface area contributed by atoms with E-state index in [1.54, 1.807) is 24.0 Å². The van der Waals surface area contributed by atoms with Crippen LogP contribution < -0.4 is 4.72 Å². The highest BCUT2D eigenvalue weighted by atomic mass is 79.9. The highest BCUT2D eigenvalue weighted by Gasteiger charge is 2.28. The molecule has 1 aromatic rings. The number of amides is 1. The number of piperidine rings is 1. The molecule has 1 saturated heterocycles. The molecule has 0 radical (unpaired) electrons. The monoisotopic (exact) mass is 446 g/mol. The summed E-state index contributed by atoms with van der Waals surface area (Å²) in [5, 5.41) is 0. The largest absolute Gasteiger partial charge is 0.466 e. The molecule has 9 heteroatoms. The van der Waals surface area contributed by atoms with E-state index in [0.29, 0.717) is 37.0 Å². The van der Waals surface area contributed by atoms with Gasteiger partial charge >= 0.3 is 5.97 Å². The van der Waals surface area contributed by atoms with Gasteiger partial charge in [0.2, 0.25) is 15.9 Å². The summed E-state index contributed by atoms with van der Waals surface area (Å²) in [5.41, 5.74) is 0. The maximum Gasteiger partial charge on any atom is 0.309 e. The molecule has 0 aliphatic carbocycles. The lowest BCUT2D eigenvalue weighted by Gasteiger charge is -2.31. The number of ether oxygens (including phenoxy) is 1. The van der Waals surface area contributed by atoms with Crippen molar-refractivity contribution in [2.24, 2.45) is 5.92 Å². The predicted molar refractivity (Wildman–Crippen MR) is 99.9 cm³/mol. The Balaban J connectivity index is 1.78. The van der Waals surface area contributed by atoms with Gasteiger partial charge in [-0.1, -0.05) is 22.0 Å². The quantitative estimate of drug-likeness (QED) is 0.645. The van der Waals surface area contributed by atoms with E-state index in [-0.39, 0.29) is 35.7 Å². The van der Waals surface area contributed by atoms with E-state index in [1.807, 2.05) is 0 Å². The number of hydrogen-bond acceptors (Lipinski definition) is 5. The van der Waals surface area contributed by atoms with Crippen LogP contribution >= 0.6 is 15.9 Å². The molecule has 0 spiro atoms. The Morgan fingerprint density at radius 3 is 2.62 bits per heavy atom. The van der Waals surface area contributed by atoms with Crippen molar-refractivity contribution < 1.29 is 22.7 Å². The molecule has 26 heavy (non-hydrogen) atoms. The molecular weight excluding hydrogens is 424 g/mol. The van der Waals surface area contributed by atoms with Crippen molar-refractivity contribution in [3.05, 3.63) is 28.7 Å². The van der Waals surface area contributed by atoms with E-state index in [0.717, 1.165) is 0 Å². The lowest BCUT2D eigenvalue weighted by molar-refractivity contribution is -0.151. The zero-order chi connectivity index (χ0) is 19.2. The molecule has 1 heterocycles. The Morgan fingerprint density at radius 2 is 2.00 bits per heavy atom. The lowest BCUT2D eigenvalue weighted by atomic mass is 9.97. The third-order valence-electron chi connectivity index (χ3n) is 4.20. The van der Waals surface area contributed by atoms with Gasteiger partial charge in [0.25, 0.3) is 0 Å². The second-order valence-corrected chi connectivity index (χ2v) is 8.69. The summed E-state index contributed by atoms with van der Waals surface area (Å²) in [7, 11) is -3.65. The Hall–Kier alpha value is -1.45. The van der Waals surface area contributed by atoms with Crippen LogP contribution in [0.4, 0.5) is 0 Å². The average Bonchev–Trinajstić information content (AvgIpc) is 2.62. The van der Waals surface area contributed by atoms with Crippen LogP contribution in [0.5, 0.6) is 0 Å². The number of benzene rings is 1. The van der Waals surface area contributed by atoms with Crippen LogP contribution in [-0.4, -0.2) is 51.4 Å². The average molecular weight is 447 g/mol. The number of nitrogens with zero attached hydrogens (tertiary/aromatic N) is 1. The fourth-order valence-corrected chi connectivity index (χ4v) is 4.42. The van der Waals surface area contributed by atoms with Gasteiger partial charge in [-0.15, -0.1) is 0 Å². The van der Waals surface area contributed by atoms with E-state index in [4.69, 9.17) is 4.74 Å². The Bertz CT molecular complexity index is 745. The Kier molecular flexibility index (Phi) is 7.60. The minimum absolute atomic E-state index is 0.0332. The summed E-state index contributed by atoms with van der Waals surface area (Å²) in [6, 6.07) is 6.37. The van der Waals surface area contributed by atoms with E-state index in [2.05, 4.69) is 20.7 Å². The third kappa shape index (κ3) is 5.78. The number of rotatable bonds is 7. The SMILES string of the molecule is CCOC(=O)C1CCN(C(=O)CCNS(=O)(=O)c2cccc(Br)c2)CC1. The highest BCUT2D eigenvalue weighted by Crippen LogP contribution is 2.19. The number of esters is 1. The standard InChI is InChI=1S/C17H23BrN2O5S/c1-2-25-17(22)13-7-10-20(11-8-13)16(21)6-9-19-26(23,24)15-5-3-4-14(18)12-15/h3-5,12-13,19H,2,6-11H2,1H3. The number of carbonyl (C=O) groups excluding carboxylic acids is 2. The molecule has 144 valence electrons. The molecule has 0 saturated carbocycles. The van der Waals surface area contributed by atoms with Crippen molar-refractivity contribution in [3.63, 3.8) is 0 Å². The third-order valence-corrected chi connectivity index (χ3v) is 6.16. The zero-order valence-corrected chi connectivity index (χ0v) is 17.0. The van der Waals surface area contributed by atoms with Gasteiger partial charge in [-0.05, 0) is 38.0 Å². The van der Waals surface area contributed by atoms with Crippen molar-refractivity contribution >= 4 is 37.8 Å². The van der Waals surface area contributed by atoms with Crippen LogP contribution in [0, 0.1) is 5.92 Å². The first-order valence-electron chi connectivity index (χ1n) is 8.53. The Morgan fingerprint density at radius 1 is 1.31 bits per heavy atom. The predicted octanol–water partition coefficient (Wildman–Crippen LogP) is 1.92. The number of halogens is 1. The Labute approximate surface area is 162 Å². The van der Waals surface area contributed by atoms with Crippen molar-refractivity contribution in [1.82, 2.24) is 9.62 Å². The van der Waals surface area contributed by atoms with E-state index in [9.17, 15) is 18.0 Å². The van der Waals surface area contributed by atoms with Gasteiger partial charge in [-0.3, -0.25) is 9.59 Å². The molecule has 1 aliphatic heterocycles. The molecule has 0 unspecified atom stereocenters. The van der Waals surface area contributed by atoms with Crippen LogP contribution in [0.3, 0.4) is 0 Å². The van der Waals surface area contributed by atoms with Crippen molar-refractivity contribution in [3.8, 4) is 0 Å². The first-order chi connectivity index (χ1) is 12.3. The topological polar surface area (TPSA) is 92.8 Å². The highest BCUT2D eigenvalue weighted by molar-refractivity contribution is 9.10. The van der Waals surface area contributed by atoms with Gasteiger partial charge in [0.15, 0.2) is 0 Å². The van der Waals surface area contributed by atoms with Crippen molar-refractivity contribution in [2.45, 2.75) is 31.1 Å². The van der Waals surface area contributed by atoms with Gasteiger partial charge < -0.3 is 9.64 Å². The molecule has 1 aliphatic rings. The maximum atomic E-state index is 12.2. The van der Waals surface area contributed by atoms with Crippen molar-refractivity contribution in [2.75, 3.05) is 26.2 Å². The normalized spacial score (nSPS) is 15.7. The first kappa shape index (κ1) is 20.9. The van der Waals surface area contributed by atoms with E-state index in [1.165, 1.54) is 12.1 Å². The molecule has 0 atom stereocenters. The van der Waals surface area contributed by atoms with Gasteiger partial charge in [-0.2, -0.15) is 0 Å². The van der Waals surface area contributed by atoms with Crippen LogP contribution in [0.2, 0.25) is 0 Å². The smallest absolute Gasteiger partial charge is 0.309 e. The molecule has 1 N–H and O–H groups in total. The molecule has 1 amide bonds. The lowest BCUT2D eigenvalue weighted by Crippen LogP contribution is -2.41. The number of nitrogens with one attached hydrogen (secondary N) is 1. The number of likely N-dealkylation sites (tertiary alicyclic amines) is 1. The van der Waals surface area contributed by atoms with E-state index < -0.39 is 10.0 Å². The second-order valence-electron chi connectivity index (χ2n) is 6.01. The van der Waals surface area contributed by atoms with Gasteiger partial charge in [0.05, 0.1) is 17.4 Å². The summed E-state index contributed by atoms with van der Waals surface area (Å²) in [6.45, 7) is 3.13. The molecule has 1 fully saturated rings. The second kappa shape index (κ2) is 9.48. The molecule has 0 bridgehead atoms. The maximum absolute atomic E-state index is 12.2. The molecule has 2 rings (SSSR count). The van der Waals surface area contributed by atoms with Crippen molar-refractivity contribution in [1.29, 1.82) is 0 Å². The van der Waals surface area contributed by atoms with Gasteiger partial charge in [0, 0.05) is 30.5 Å². The van der Waals surface area contributed by atoms with Crippen LogP contribution in [0.15, 0.2) is 33.6 Å². The summed E-state index contributed by atoms with van der Waals surface area (Å²) in [5.74, 6) is -0.486. The fraction of sp³-hybridized carbons (Fsp3) is 0.529. The summed E-state index contributed by atoms with van der Waals surface area (Å²) in [6.07, 6.45) is 1.24. The summed E-state index contributed by atoms with van der Waals surface area (Å²) in [4.78, 5) is 25.8. The molecule has 7 nitrogen and oxygen atoms in total. The van der Waals surface area contributed by atoms with E-state index >= 15 is 0 Å². The molecule has 0 aromatic heterocycles. The van der Waals surface area contributed by atoms with Gasteiger partial charge in [0.1, 0.15) is 0 Å². The van der Waals surface area contributed by atoms with Crippen LogP contribution in [0.25, 0.3) is 0 Å². The zero-order valence-electron chi connectivity index (χ0n) is 14.6. The first-order valence-corrected chi connectivity index (χ1v) is 10.8. The molecule has 1 aromatic carbocycles. The summed E-state index contributed by atoms with van der Waals surface area (Å²) < 4.78 is 32.5. The number of sulfonamides is 1. The van der Waals surface area contributed by atoms with Crippen LogP contribution in [0.1, 0.15) is 26.2 Å². The molecular formula is C17H23BrN2O5S. The number of hydrogen-bond donors (Lipinski definition) is 1. The minimum Gasteiger partial charge on any atom is -0.466 e. The fourth-order valence-electron chi connectivity index (χ4n) is 2.79. The summed E-state index contributed by atoms with van der Waals surface area (Å²) >= 11 is 3.24. The van der Waals surface area contributed by atoms with Gasteiger partial charge in [-0.25, -0.2) is 13.1 Å². The minimum atomic E-state index is -3.65.